The van der Waals surface area contributed by atoms with Crippen molar-refractivity contribution in [2.24, 2.45) is 0 Å². The van der Waals surface area contributed by atoms with E-state index in [2.05, 4.69) is 6.92 Å². The Morgan fingerprint density at radius 2 is 1.91 bits per heavy atom. The fraction of sp³-hybridized carbons (Fsp3) is 0.316. The number of ether oxygens (including phenoxy) is 1. The van der Waals surface area contributed by atoms with Crippen LogP contribution in [0.5, 0.6) is 0 Å². The molecule has 0 bridgehead atoms. The van der Waals surface area contributed by atoms with E-state index in [1.807, 2.05) is 31.2 Å². The standard InChI is InChI=1S/C19H20FNO2/c1-3-13-5-7-14(8-6-13)17-10-9-15(11-18(17)20)21-12-16(4-2)23-19(21)22/h5-11,16H,3-4,12H2,1-2H3/t16-/m0/s1. The third-order valence-electron chi connectivity index (χ3n) is 4.27. The molecule has 1 fully saturated rings. The van der Waals surface area contributed by atoms with Crippen LogP contribution in [-0.4, -0.2) is 18.7 Å². The molecule has 1 atom stereocenters. The molecule has 0 spiro atoms. The Bertz CT molecular complexity index is 712. The maximum absolute atomic E-state index is 14.5. The molecule has 3 rings (SSSR count). The van der Waals surface area contributed by atoms with Gasteiger partial charge >= 0.3 is 6.09 Å². The number of cyclic esters (lactones) is 1. The summed E-state index contributed by atoms with van der Waals surface area (Å²) in [5, 5.41) is 0. The van der Waals surface area contributed by atoms with Crippen molar-refractivity contribution in [1.82, 2.24) is 0 Å². The third kappa shape index (κ3) is 3.07. The van der Waals surface area contributed by atoms with Crippen LogP contribution >= 0.6 is 0 Å². The average Bonchev–Trinajstić information content (AvgIpc) is 2.96. The third-order valence-corrected chi connectivity index (χ3v) is 4.27. The van der Waals surface area contributed by atoms with Gasteiger partial charge in [-0.1, -0.05) is 38.1 Å². The fourth-order valence-electron chi connectivity index (χ4n) is 2.77. The molecule has 1 aliphatic heterocycles. The van der Waals surface area contributed by atoms with Gasteiger partial charge in [-0.05, 0) is 42.2 Å². The van der Waals surface area contributed by atoms with Crippen LogP contribution in [0.2, 0.25) is 0 Å². The van der Waals surface area contributed by atoms with E-state index in [1.54, 1.807) is 12.1 Å². The molecule has 1 amide bonds. The van der Waals surface area contributed by atoms with Crippen LogP contribution in [0.1, 0.15) is 25.8 Å². The first-order valence-corrected chi connectivity index (χ1v) is 7.99. The highest BCUT2D eigenvalue weighted by molar-refractivity contribution is 5.90. The number of carbonyl (C=O) groups excluding carboxylic acids is 1. The largest absolute Gasteiger partial charge is 0.444 e. The Labute approximate surface area is 135 Å². The highest BCUT2D eigenvalue weighted by Crippen LogP contribution is 2.29. The van der Waals surface area contributed by atoms with Crippen molar-refractivity contribution >= 4 is 11.8 Å². The molecule has 1 aliphatic rings. The monoisotopic (exact) mass is 313 g/mol. The number of hydrogen-bond acceptors (Lipinski definition) is 2. The first-order valence-electron chi connectivity index (χ1n) is 7.99. The van der Waals surface area contributed by atoms with Gasteiger partial charge in [0.25, 0.3) is 0 Å². The molecule has 3 nitrogen and oxygen atoms in total. The zero-order chi connectivity index (χ0) is 16.4. The first kappa shape index (κ1) is 15.5. The van der Waals surface area contributed by atoms with Crippen molar-refractivity contribution in [1.29, 1.82) is 0 Å². The molecule has 0 saturated carbocycles. The van der Waals surface area contributed by atoms with E-state index in [0.29, 0.717) is 17.8 Å². The van der Waals surface area contributed by atoms with E-state index in [9.17, 15) is 9.18 Å². The van der Waals surface area contributed by atoms with Crippen LogP contribution in [0.25, 0.3) is 11.1 Å². The smallest absolute Gasteiger partial charge is 0.414 e. The second kappa shape index (κ2) is 6.41. The van der Waals surface area contributed by atoms with Crippen molar-refractivity contribution in [2.75, 3.05) is 11.4 Å². The van der Waals surface area contributed by atoms with Gasteiger partial charge in [0.05, 0.1) is 12.2 Å². The predicted molar refractivity (Wildman–Crippen MR) is 89.1 cm³/mol. The number of rotatable bonds is 4. The van der Waals surface area contributed by atoms with E-state index >= 15 is 0 Å². The van der Waals surface area contributed by atoms with Gasteiger partial charge in [0.1, 0.15) is 11.9 Å². The normalized spacial score (nSPS) is 17.4. The maximum atomic E-state index is 14.5. The summed E-state index contributed by atoms with van der Waals surface area (Å²) >= 11 is 0. The lowest BCUT2D eigenvalue weighted by molar-refractivity contribution is 0.139. The molecule has 2 aromatic carbocycles. The molecule has 4 heteroatoms. The lowest BCUT2D eigenvalue weighted by Crippen LogP contribution is -2.24. The topological polar surface area (TPSA) is 29.5 Å². The number of benzene rings is 2. The average molecular weight is 313 g/mol. The van der Waals surface area contributed by atoms with Crippen molar-refractivity contribution in [2.45, 2.75) is 32.8 Å². The van der Waals surface area contributed by atoms with Crippen LogP contribution in [0, 0.1) is 5.82 Å². The van der Waals surface area contributed by atoms with Crippen molar-refractivity contribution in [3.05, 3.63) is 53.8 Å². The molecule has 1 saturated heterocycles. The van der Waals surface area contributed by atoms with Crippen LogP contribution in [-0.2, 0) is 11.2 Å². The molecule has 0 aliphatic carbocycles. The molecule has 0 aromatic heterocycles. The summed E-state index contributed by atoms with van der Waals surface area (Å²) in [7, 11) is 0. The van der Waals surface area contributed by atoms with Gasteiger partial charge in [-0.2, -0.15) is 0 Å². The molecular weight excluding hydrogens is 293 g/mol. The second-order valence-corrected chi connectivity index (χ2v) is 5.74. The molecule has 120 valence electrons. The van der Waals surface area contributed by atoms with Gasteiger partial charge in [0.2, 0.25) is 0 Å². The zero-order valence-electron chi connectivity index (χ0n) is 13.4. The van der Waals surface area contributed by atoms with E-state index in [-0.39, 0.29) is 11.9 Å². The van der Waals surface area contributed by atoms with Gasteiger partial charge in [-0.3, -0.25) is 4.90 Å². The minimum atomic E-state index is -0.406. The van der Waals surface area contributed by atoms with Gasteiger partial charge in [0.15, 0.2) is 0 Å². The molecule has 0 radical (unpaired) electrons. The number of carbonyl (C=O) groups is 1. The van der Waals surface area contributed by atoms with Crippen molar-refractivity contribution in [3.8, 4) is 11.1 Å². The van der Waals surface area contributed by atoms with Gasteiger partial charge in [0, 0.05) is 5.56 Å². The summed E-state index contributed by atoms with van der Waals surface area (Å²) in [5.74, 6) is -0.334. The number of nitrogens with zero attached hydrogens (tertiary/aromatic N) is 1. The van der Waals surface area contributed by atoms with Crippen LogP contribution < -0.4 is 4.90 Å². The van der Waals surface area contributed by atoms with E-state index < -0.39 is 6.09 Å². The minimum absolute atomic E-state index is 0.119. The van der Waals surface area contributed by atoms with E-state index in [4.69, 9.17) is 4.74 Å². The Hall–Kier alpha value is -2.36. The van der Waals surface area contributed by atoms with E-state index in [1.165, 1.54) is 16.5 Å². The summed E-state index contributed by atoms with van der Waals surface area (Å²) in [6.07, 6.45) is 1.19. The van der Waals surface area contributed by atoms with Crippen molar-refractivity contribution < 1.29 is 13.9 Å². The lowest BCUT2D eigenvalue weighted by atomic mass is 10.0. The summed E-state index contributed by atoms with van der Waals surface area (Å²) in [6, 6.07) is 12.8. The highest BCUT2D eigenvalue weighted by Gasteiger charge is 2.31. The molecule has 0 N–H and O–H groups in total. The summed E-state index contributed by atoms with van der Waals surface area (Å²) < 4.78 is 19.7. The van der Waals surface area contributed by atoms with Crippen LogP contribution in [0.4, 0.5) is 14.9 Å². The fourth-order valence-corrected chi connectivity index (χ4v) is 2.77. The van der Waals surface area contributed by atoms with Gasteiger partial charge in [-0.25, -0.2) is 9.18 Å². The Morgan fingerprint density at radius 3 is 2.48 bits per heavy atom. The van der Waals surface area contributed by atoms with Crippen LogP contribution in [0.15, 0.2) is 42.5 Å². The molecule has 23 heavy (non-hydrogen) atoms. The van der Waals surface area contributed by atoms with Gasteiger partial charge < -0.3 is 4.74 Å². The number of anilines is 1. The Kier molecular flexibility index (Phi) is 4.33. The Balaban J connectivity index is 1.87. The molecule has 2 aromatic rings. The van der Waals surface area contributed by atoms with Gasteiger partial charge in [-0.15, -0.1) is 0 Å². The number of hydrogen-bond donors (Lipinski definition) is 0. The maximum Gasteiger partial charge on any atom is 0.414 e. The van der Waals surface area contributed by atoms with Crippen molar-refractivity contribution in [3.63, 3.8) is 0 Å². The number of amides is 1. The number of aryl methyl sites for hydroxylation is 1. The molecule has 1 heterocycles. The summed E-state index contributed by atoms with van der Waals surface area (Å²) in [4.78, 5) is 13.3. The molecular formula is C19H20FNO2. The lowest BCUT2D eigenvalue weighted by Gasteiger charge is -2.14. The van der Waals surface area contributed by atoms with E-state index in [0.717, 1.165) is 18.4 Å². The first-order chi connectivity index (χ1) is 11.1. The second-order valence-electron chi connectivity index (χ2n) is 5.74. The molecule has 0 unspecified atom stereocenters. The highest BCUT2D eigenvalue weighted by atomic mass is 19.1. The number of halogens is 1. The summed E-state index contributed by atoms with van der Waals surface area (Å²) in [5.41, 5.74) is 3.13. The summed E-state index contributed by atoms with van der Waals surface area (Å²) in [6.45, 7) is 4.52. The minimum Gasteiger partial charge on any atom is -0.444 e. The zero-order valence-corrected chi connectivity index (χ0v) is 13.4. The van der Waals surface area contributed by atoms with Crippen LogP contribution in [0.3, 0.4) is 0 Å². The quantitative estimate of drug-likeness (QED) is 0.812. The SMILES string of the molecule is CCc1ccc(-c2ccc(N3C[C@H](CC)OC3=O)cc2F)cc1. The Morgan fingerprint density at radius 1 is 1.17 bits per heavy atom. The predicted octanol–water partition coefficient (Wildman–Crippen LogP) is 4.79.